The number of nitrogens with one attached hydrogen (secondary N) is 2. The molecule has 0 unspecified atom stereocenters. The second-order valence-corrected chi connectivity index (χ2v) is 5.57. The fraction of sp³-hybridized carbons (Fsp3) is 0.400. The van der Waals surface area contributed by atoms with Crippen molar-refractivity contribution in [3.05, 3.63) is 35.5 Å². The molecule has 22 heavy (non-hydrogen) atoms. The molecule has 2 aliphatic rings. The first-order valence-electron chi connectivity index (χ1n) is 6.89. The van der Waals surface area contributed by atoms with Crippen LogP contribution < -0.4 is 10.1 Å². The van der Waals surface area contributed by atoms with Crippen molar-refractivity contribution in [2.75, 3.05) is 13.1 Å². The fourth-order valence-corrected chi connectivity index (χ4v) is 3.23. The Labute approximate surface area is 140 Å². The molecule has 1 saturated heterocycles. The van der Waals surface area contributed by atoms with E-state index in [1.165, 1.54) is 0 Å². The quantitative estimate of drug-likeness (QED) is 0.771. The number of halogens is 3. The molecule has 2 atom stereocenters. The van der Waals surface area contributed by atoms with Gasteiger partial charge < -0.3 is 10.1 Å². The van der Waals surface area contributed by atoms with E-state index in [-0.39, 0.29) is 24.8 Å². The zero-order valence-electron chi connectivity index (χ0n) is 12.1. The van der Waals surface area contributed by atoms with Crippen molar-refractivity contribution >= 4 is 24.8 Å². The van der Waals surface area contributed by atoms with Gasteiger partial charge in [0.1, 0.15) is 5.75 Å². The molecular formula is C15H18Cl2FN3O. The summed E-state index contributed by atoms with van der Waals surface area (Å²) in [7, 11) is 0. The van der Waals surface area contributed by atoms with Crippen LogP contribution in [0.5, 0.6) is 5.75 Å². The first-order chi connectivity index (χ1) is 9.71. The largest absolute Gasteiger partial charge is 0.479 e. The number of aromatic amines is 1. The molecule has 4 rings (SSSR count). The average molecular weight is 346 g/mol. The number of fused-ring (bicyclic) bond motifs is 4. The molecule has 7 heteroatoms. The summed E-state index contributed by atoms with van der Waals surface area (Å²) in [5, 5.41) is 10.2. The van der Waals surface area contributed by atoms with Gasteiger partial charge in [-0.1, -0.05) is 6.07 Å². The predicted molar refractivity (Wildman–Crippen MR) is 87.9 cm³/mol. The minimum Gasteiger partial charge on any atom is -0.479 e. The summed E-state index contributed by atoms with van der Waals surface area (Å²) in [6.45, 7) is 3.06. The number of rotatable bonds is 0. The minimum absolute atomic E-state index is 0. The third-order valence-electron chi connectivity index (χ3n) is 4.30. The average Bonchev–Trinajstić information content (AvgIpc) is 2.92. The summed E-state index contributed by atoms with van der Waals surface area (Å²) in [6.07, 6.45) is 1.23. The maximum atomic E-state index is 14.6. The second-order valence-electron chi connectivity index (χ2n) is 5.57. The van der Waals surface area contributed by atoms with Crippen molar-refractivity contribution in [1.29, 1.82) is 0 Å². The van der Waals surface area contributed by atoms with Crippen LogP contribution in [-0.2, 0) is 5.60 Å². The van der Waals surface area contributed by atoms with E-state index in [4.69, 9.17) is 4.74 Å². The van der Waals surface area contributed by atoms with Crippen molar-refractivity contribution in [2.45, 2.75) is 25.1 Å². The van der Waals surface area contributed by atoms with Crippen molar-refractivity contribution in [3.8, 4) is 17.0 Å². The van der Waals surface area contributed by atoms with Crippen LogP contribution in [0.1, 0.15) is 17.5 Å². The van der Waals surface area contributed by atoms with Crippen LogP contribution in [0.2, 0.25) is 0 Å². The molecule has 0 amide bonds. The number of ether oxygens (including phenoxy) is 1. The van der Waals surface area contributed by atoms with E-state index in [0.717, 1.165) is 34.7 Å². The van der Waals surface area contributed by atoms with Crippen LogP contribution in [0.4, 0.5) is 4.39 Å². The molecule has 120 valence electrons. The lowest BCUT2D eigenvalue weighted by Crippen LogP contribution is -2.54. The lowest BCUT2D eigenvalue weighted by molar-refractivity contribution is -0.0397. The maximum Gasteiger partial charge on any atom is 0.171 e. The zero-order valence-corrected chi connectivity index (χ0v) is 13.7. The van der Waals surface area contributed by atoms with Crippen molar-refractivity contribution < 1.29 is 9.13 Å². The number of aryl methyl sites for hydroxylation is 1. The van der Waals surface area contributed by atoms with Crippen molar-refractivity contribution in [2.24, 2.45) is 0 Å². The number of alkyl halides is 1. The van der Waals surface area contributed by atoms with Crippen molar-refractivity contribution in [3.63, 3.8) is 0 Å². The Morgan fingerprint density at radius 2 is 2.18 bits per heavy atom. The molecule has 2 N–H and O–H groups in total. The third kappa shape index (κ3) is 2.28. The van der Waals surface area contributed by atoms with Crippen LogP contribution in [0.3, 0.4) is 0 Å². The molecule has 0 bridgehead atoms. The molecule has 2 aliphatic heterocycles. The molecular weight excluding hydrogens is 328 g/mol. The fourth-order valence-electron chi connectivity index (χ4n) is 3.23. The smallest absolute Gasteiger partial charge is 0.171 e. The maximum absolute atomic E-state index is 14.6. The van der Waals surface area contributed by atoms with Gasteiger partial charge in [-0.15, -0.1) is 24.8 Å². The molecule has 1 aromatic carbocycles. The predicted octanol–water partition coefficient (Wildman–Crippen LogP) is 3.15. The van der Waals surface area contributed by atoms with E-state index in [1.54, 1.807) is 6.20 Å². The van der Waals surface area contributed by atoms with Crippen LogP contribution in [0.15, 0.2) is 24.4 Å². The topological polar surface area (TPSA) is 49.9 Å². The molecule has 1 aromatic heterocycles. The summed E-state index contributed by atoms with van der Waals surface area (Å²) in [5.74, 6) is 0.742. The Morgan fingerprint density at radius 3 is 2.95 bits per heavy atom. The van der Waals surface area contributed by atoms with E-state index < -0.39 is 11.8 Å². The number of aromatic nitrogens is 2. The van der Waals surface area contributed by atoms with Crippen LogP contribution in [0, 0.1) is 6.92 Å². The normalized spacial score (nSPS) is 25.3. The molecule has 3 heterocycles. The first kappa shape index (κ1) is 17.1. The van der Waals surface area contributed by atoms with E-state index in [0.29, 0.717) is 13.0 Å². The second kappa shape index (κ2) is 6.07. The van der Waals surface area contributed by atoms with Crippen molar-refractivity contribution in [1.82, 2.24) is 15.5 Å². The number of nitrogens with zero attached hydrogens (tertiary/aromatic N) is 1. The highest BCUT2D eigenvalue weighted by Crippen LogP contribution is 2.48. The highest BCUT2D eigenvalue weighted by molar-refractivity contribution is 5.85. The summed E-state index contributed by atoms with van der Waals surface area (Å²) < 4.78 is 20.8. The summed E-state index contributed by atoms with van der Waals surface area (Å²) in [5.41, 5.74) is 2.87. The van der Waals surface area contributed by atoms with Gasteiger partial charge in [-0.3, -0.25) is 5.10 Å². The van der Waals surface area contributed by atoms with Gasteiger partial charge in [0.15, 0.2) is 11.8 Å². The van der Waals surface area contributed by atoms with Gasteiger partial charge in [0, 0.05) is 24.1 Å². The van der Waals surface area contributed by atoms with Gasteiger partial charge in [0.2, 0.25) is 0 Å². The molecule has 1 fully saturated rings. The van der Waals surface area contributed by atoms with E-state index in [1.807, 2.05) is 25.1 Å². The SMILES string of the molecule is Cc1ccc2c(c1)O[C@]1(CCNC[C@@H]1F)c1cn[nH]c1-2.Cl.Cl. The van der Waals surface area contributed by atoms with Gasteiger partial charge in [0.05, 0.1) is 11.9 Å². The lowest BCUT2D eigenvalue weighted by atomic mass is 9.80. The Bertz CT molecular complexity index is 679. The Morgan fingerprint density at radius 1 is 1.36 bits per heavy atom. The number of hydrogen-bond acceptors (Lipinski definition) is 3. The molecule has 2 aromatic rings. The summed E-state index contributed by atoms with van der Waals surface area (Å²) in [4.78, 5) is 0. The summed E-state index contributed by atoms with van der Waals surface area (Å²) >= 11 is 0. The van der Waals surface area contributed by atoms with E-state index in [9.17, 15) is 4.39 Å². The Kier molecular flexibility index (Phi) is 4.70. The lowest BCUT2D eigenvalue weighted by Gasteiger charge is -2.43. The molecule has 0 aliphatic carbocycles. The van der Waals surface area contributed by atoms with Crippen LogP contribution in [-0.4, -0.2) is 29.5 Å². The summed E-state index contributed by atoms with van der Waals surface area (Å²) in [6, 6.07) is 6.00. The molecule has 4 nitrogen and oxygen atoms in total. The van der Waals surface area contributed by atoms with Gasteiger partial charge in [-0.25, -0.2) is 4.39 Å². The first-order valence-corrected chi connectivity index (χ1v) is 6.89. The standard InChI is InChI=1S/C15H16FN3O.2ClH/c1-9-2-3-10-12(6-9)20-15(4-5-17-8-13(15)16)11-7-18-19-14(10)11;;/h2-3,6-7,13,17H,4-5,8H2,1H3,(H,18,19);2*1H/t13-,15+;;/m0../s1. The Hall–Kier alpha value is -1.30. The van der Waals surface area contributed by atoms with Gasteiger partial charge >= 0.3 is 0 Å². The number of benzene rings is 1. The minimum atomic E-state index is -1.08. The highest BCUT2D eigenvalue weighted by atomic mass is 35.5. The molecule has 0 saturated carbocycles. The van der Waals surface area contributed by atoms with Gasteiger partial charge in [-0.2, -0.15) is 5.10 Å². The van der Waals surface area contributed by atoms with E-state index >= 15 is 0 Å². The highest BCUT2D eigenvalue weighted by Gasteiger charge is 2.50. The van der Waals surface area contributed by atoms with Crippen LogP contribution >= 0.6 is 24.8 Å². The number of hydrogen-bond donors (Lipinski definition) is 2. The molecule has 1 spiro atoms. The van der Waals surface area contributed by atoms with Crippen LogP contribution in [0.25, 0.3) is 11.3 Å². The Balaban J connectivity index is 0.000000882. The monoisotopic (exact) mass is 345 g/mol. The zero-order chi connectivity index (χ0) is 13.7. The number of piperidine rings is 1. The van der Waals surface area contributed by atoms with E-state index in [2.05, 4.69) is 15.5 Å². The number of H-pyrrole nitrogens is 1. The molecule has 0 radical (unpaired) electrons. The van der Waals surface area contributed by atoms with Gasteiger partial charge in [-0.05, 0) is 31.2 Å². The third-order valence-corrected chi connectivity index (χ3v) is 4.30. The van der Waals surface area contributed by atoms with Gasteiger partial charge in [0.25, 0.3) is 0 Å².